The van der Waals surface area contributed by atoms with Crippen LogP contribution in [0.2, 0.25) is 0 Å². The minimum absolute atomic E-state index is 0.617. The SMILES string of the molecule is CCn1nnc(-c2cnn(Cc3ccccc3)c2SCc2ccccc2)n1. The number of rotatable bonds is 7. The van der Waals surface area contributed by atoms with Gasteiger partial charge in [-0.15, -0.1) is 22.0 Å². The van der Waals surface area contributed by atoms with Crippen molar-refractivity contribution >= 4 is 11.8 Å². The molecule has 2 aromatic heterocycles. The van der Waals surface area contributed by atoms with Gasteiger partial charge in [-0.25, -0.2) is 0 Å². The third kappa shape index (κ3) is 4.09. The summed E-state index contributed by atoms with van der Waals surface area (Å²) < 4.78 is 2.02. The third-order valence-corrected chi connectivity index (χ3v) is 5.34. The molecule has 0 amide bonds. The summed E-state index contributed by atoms with van der Waals surface area (Å²) in [4.78, 5) is 1.59. The molecular weight excluding hydrogens is 356 g/mol. The number of tetrazole rings is 1. The van der Waals surface area contributed by atoms with Gasteiger partial charge < -0.3 is 0 Å². The summed E-state index contributed by atoms with van der Waals surface area (Å²) in [6, 6.07) is 20.8. The lowest BCUT2D eigenvalue weighted by atomic mass is 10.2. The zero-order valence-corrected chi connectivity index (χ0v) is 15.9. The fraction of sp³-hybridized carbons (Fsp3) is 0.200. The van der Waals surface area contributed by atoms with Crippen LogP contribution in [0.1, 0.15) is 18.1 Å². The average Bonchev–Trinajstić information content (AvgIpc) is 3.35. The van der Waals surface area contributed by atoms with E-state index in [0.717, 1.165) is 16.3 Å². The number of benzene rings is 2. The smallest absolute Gasteiger partial charge is 0.209 e. The summed E-state index contributed by atoms with van der Waals surface area (Å²) in [6.07, 6.45) is 1.84. The Morgan fingerprint density at radius 1 is 0.926 bits per heavy atom. The minimum Gasteiger partial charge on any atom is -0.254 e. The lowest BCUT2D eigenvalue weighted by Crippen LogP contribution is -2.03. The molecule has 0 saturated carbocycles. The third-order valence-electron chi connectivity index (χ3n) is 4.16. The van der Waals surface area contributed by atoms with E-state index in [9.17, 15) is 0 Å². The molecule has 2 heterocycles. The van der Waals surface area contributed by atoms with E-state index in [1.54, 1.807) is 16.6 Å². The molecule has 0 saturated heterocycles. The standard InChI is InChI=1S/C20H20N6S/c1-2-26-23-19(22-24-26)18-13-21-25(14-16-9-5-3-6-10-16)20(18)27-15-17-11-7-4-8-12-17/h3-13H,2,14-15H2,1H3. The molecule has 0 spiro atoms. The summed E-state index contributed by atoms with van der Waals surface area (Å²) >= 11 is 1.75. The maximum Gasteiger partial charge on any atom is 0.209 e. The second-order valence-electron chi connectivity index (χ2n) is 6.08. The van der Waals surface area contributed by atoms with Gasteiger partial charge in [-0.3, -0.25) is 4.68 Å². The van der Waals surface area contributed by atoms with Gasteiger partial charge in [-0.2, -0.15) is 9.90 Å². The molecule has 0 aliphatic carbocycles. The quantitative estimate of drug-likeness (QED) is 0.458. The van der Waals surface area contributed by atoms with E-state index in [4.69, 9.17) is 0 Å². The lowest BCUT2D eigenvalue weighted by molar-refractivity contribution is 0.552. The van der Waals surface area contributed by atoms with Crippen LogP contribution in [0.5, 0.6) is 0 Å². The molecule has 6 nitrogen and oxygen atoms in total. The molecule has 0 aliphatic rings. The molecular formula is C20H20N6S. The van der Waals surface area contributed by atoms with E-state index in [1.165, 1.54) is 11.1 Å². The molecule has 0 fully saturated rings. The van der Waals surface area contributed by atoms with Crippen LogP contribution in [-0.4, -0.2) is 30.0 Å². The monoisotopic (exact) mass is 376 g/mol. The molecule has 4 rings (SSSR count). The Hall–Kier alpha value is -2.93. The first-order valence-corrected chi connectivity index (χ1v) is 9.86. The molecule has 136 valence electrons. The Morgan fingerprint density at radius 2 is 1.63 bits per heavy atom. The fourth-order valence-electron chi connectivity index (χ4n) is 2.76. The Bertz CT molecular complexity index is 994. The van der Waals surface area contributed by atoms with Crippen molar-refractivity contribution in [3.05, 3.63) is 78.0 Å². The average molecular weight is 376 g/mol. The topological polar surface area (TPSA) is 61.4 Å². The van der Waals surface area contributed by atoms with Crippen molar-refractivity contribution in [2.45, 2.75) is 30.8 Å². The van der Waals surface area contributed by atoms with Crippen LogP contribution in [0.3, 0.4) is 0 Å². The predicted octanol–water partition coefficient (Wildman–Crippen LogP) is 3.90. The number of thioether (sulfide) groups is 1. The van der Waals surface area contributed by atoms with Crippen molar-refractivity contribution in [2.24, 2.45) is 0 Å². The minimum atomic E-state index is 0.617. The Labute approximate surface area is 162 Å². The predicted molar refractivity (Wildman–Crippen MR) is 106 cm³/mol. The van der Waals surface area contributed by atoms with Crippen LogP contribution in [-0.2, 0) is 18.8 Å². The first kappa shape index (κ1) is 17.5. The van der Waals surface area contributed by atoms with E-state index in [2.05, 4.69) is 56.9 Å². The van der Waals surface area contributed by atoms with Crippen molar-refractivity contribution in [2.75, 3.05) is 0 Å². The second kappa shape index (κ2) is 8.18. The second-order valence-corrected chi connectivity index (χ2v) is 7.05. The fourth-order valence-corrected chi connectivity index (χ4v) is 3.82. The number of aryl methyl sites for hydroxylation is 1. The van der Waals surface area contributed by atoms with Gasteiger partial charge in [0.25, 0.3) is 0 Å². The van der Waals surface area contributed by atoms with Crippen molar-refractivity contribution < 1.29 is 0 Å². The highest BCUT2D eigenvalue weighted by Gasteiger charge is 2.18. The van der Waals surface area contributed by atoms with Crippen LogP contribution in [0.15, 0.2) is 71.9 Å². The first-order valence-electron chi connectivity index (χ1n) is 8.88. The molecule has 0 unspecified atom stereocenters. The van der Waals surface area contributed by atoms with E-state index < -0.39 is 0 Å². The Kier molecular flexibility index (Phi) is 5.29. The highest BCUT2D eigenvalue weighted by molar-refractivity contribution is 7.98. The van der Waals surface area contributed by atoms with Gasteiger partial charge in [0.1, 0.15) is 5.03 Å². The molecule has 0 bridgehead atoms. The number of hydrogen-bond donors (Lipinski definition) is 0. The van der Waals surface area contributed by atoms with Crippen molar-refractivity contribution in [1.82, 2.24) is 30.0 Å². The van der Waals surface area contributed by atoms with Gasteiger partial charge in [0.2, 0.25) is 5.82 Å². The lowest BCUT2D eigenvalue weighted by Gasteiger charge is -2.09. The largest absolute Gasteiger partial charge is 0.254 e. The summed E-state index contributed by atoms with van der Waals surface area (Å²) in [5, 5.41) is 18.4. The number of nitrogens with zero attached hydrogens (tertiary/aromatic N) is 6. The number of hydrogen-bond acceptors (Lipinski definition) is 5. The van der Waals surface area contributed by atoms with Crippen LogP contribution in [0, 0.1) is 0 Å². The van der Waals surface area contributed by atoms with Crippen LogP contribution >= 0.6 is 11.8 Å². The van der Waals surface area contributed by atoms with E-state index in [-0.39, 0.29) is 0 Å². The van der Waals surface area contributed by atoms with E-state index in [0.29, 0.717) is 18.9 Å². The van der Waals surface area contributed by atoms with Gasteiger partial charge in [-0.05, 0) is 23.3 Å². The van der Waals surface area contributed by atoms with Gasteiger partial charge in [0, 0.05) is 5.75 Å². The number of aromatic nitrogens is 6. The van der Waals surface area contributed by atoms with E-state index >= 15 is 0 Å². The summed E-state index contributed by atoms with van der Waals surface area (Å²) in [7, 11) is 0. The maximum atomic E-state index is 4.61. The Balaban J connectivity index is 1.66. The first-order chi connectivity index (χ1) is 13.3. The van der Waals surface area contributed by atoms with Crippen LogP contribution in [0.4, 0.5) is 0 Å². The zero-order valence-electron chi connectivity index (χ0n) is 15.1. The molecule has 0 aliphatic heterocycles. The zero-order chi connectivity index (χ0) is 18.5. The van der Waals surface area contributed by atoms with Gasteiger partial charge in [-0.1, -0.05) is 60.7 Å². The highest BCUT2D eigenvalue weighted by Crippen LogP contribution is 2.32. The molecule has 7 heteroatoms. The van der Waals surface area contributed by atoms with Gasteiger partial charge >= 0.3 is 0 Å². The Morgan fingerprint density at radius 3 is 2.30 bits per heavy atom. The van der Waals surface area contributed by atoms with Gasteiger partial charge in [0.05, 0.1) is 24.8 Å². The summed E-state index contributed by atoms with van der Waals surface area (Å²) in [5.41, 5.74) is 3.40. The highest BCUT2D eigenvalue weighted by atomic mass is 32.2. The van der Waals surface area contributed by atoms with Gasteiger partial charge in [0.15, 0.2) is 0 Å². The molecule has 0 radical (unpaired) electrons. The van der Waals surface area contributed by atoms with E-state index in [1.807, 2.05) is 42.1 Å². The maximum absolute atomic E-state index is 4.61. The van der Waals surface area contributed by atoms with Crippen molar-refractivity contribution in [3.8, 4) is 11.4 Å². The van der Waals surface area contributed by atoms with Crippen LogP contribution < -0.4 is 0 Å². The van der Waals surface area contributed by atoms with Crippen molar-refractivity contribution in [1.29, 1.82) is 0 Å². The molecule has 0 N–H and O–H groups in total. The normalized spacial score (nSPS) is 11.0. The van der Waals surface area contributed by atoms with Crippen molar-refractivity contribution in [3.63, 3.8) is 0 Å². The molecule has 2 aromatic carbocycles. The summed E-state index contributed by atoms with van der Waals surface area (Å²) in [5.74, 6) is 1.47. The van der Waals surface area contributed by atoms with Crippen LogP contribution in [0.25, 0.3) is 11.4 Å². The molecule has 4 aromatic rings. The molecule has 27 heavy (non-hydrogen) atoms. The summed E-state index contributed by atoms with van der Waals surface area (Å²) in [6.45, 7) is 3.40. The molecule has 0 atom stereocenters.